The Kier molecular flexibility index (Phi) is 7.31. The Morgan fingerprint density at radius 2 is 1.82 bits per heavy atom. The summed E-state index contributed by atoms with van der Waals surface area (Å²) < 4.78 is 49.8. The van der Waals surface area contributed by atoms with E-state index in [4.69, 9.17) is 10.5 Å². The molecule has 0 aliphatic heterocycles. The maximum absolute atomic E-state index is 13.4. The highest BCUT2D eigenvalue weighted by Crippen LogP contribution is 2.34. The second-order valence-electron chi connectivity index (χ2n) is 9.60. The highest BCUT2D eigenvalue weighted by Gasteiger charge is 2.33. The predicted molar refractivity (Wildman–Crippen MR) is 145 cm³/mol. The van der Waals surface area contributed by atoms with Crippen molar-refractivity contribution in [2.75, 3.05) is 20.6 Å². The van der Waals surface area contributed by atoms with Gasteiger partial charge in [0.1, 0.15) is 18.0 Å². The van der Waals surface area contributed by atoms with Gasteiger partial charge in [-0.2, -0.15) is 18.3 Å². The first-order valence-electron chi connectivity index (χ1n) is 12.5. The van der Waals surface area contributed by atoms with Gasteiger partial charge in [-0.25, -0.2) is 4.98 Å². The molecule has 0 fully saturated rings. The number of amides is 1. The average molecular weight is 549 g/mol. The van der Waals surface area contributed by atoms with Crippen LogP contribution in [0.2, 0.25) is 0 Å². The van der Waals surface area contributed by atoms with Gasteiger partial charge >= 0.3 is 6.18 Å². The number of likely N-dealkylation sites (N-methyl/N-ethyl adjacent to an activating group) is 1. The lowest BCUT2D eigenvalue weighted by Crippen LogP contribution is -2.18. The maximum atomic E-state index is 13.4. The van der Waals surface area contributed by atoms with Crippen molar-refractivity contribution >= 4 is 11.6 Å². The Labute approximate surface area is 228 Å². The van der Waals surface area contributed by atoms with Crippen molar-refractivity contribution in [1.82, 2.24) is 24.1 Å². The van der Waals surface area contributed by atoms with E-state index in [0.29, 0.717) is 16.9 Å². The highest BCUT2D eigenvalue weighted by molar-refractivity contribution is 5.96. The fourth-order valence-electron chi connectivity index (χ4n) is 4.39. The molecule has 5 aromatic rings. The van der Waals surface area contributed by atoms with E-state index in [2.05, 4.69) is 15.0 Å². The molecular weight excluding hydrogens is 521 g/mol. The summed E-state index contributed by atoms with van der Waals surface area (Å²) in [5.41, 5.74) is 8.71. The number of pyridine rings is 1. The molecule has 0 saturated heterocycles. The van der Waals surface area contributed by atoms with Crippen LogP contribution in [0.25, 0.3) is 28.0 Å². The van der Waals surface area contributed by atoms with Crippen LogP contribution >= 0.6 is 0 Å². The van der Waals surface area contributed by atoms with Crippen molar-refractivity contribution in [3.8, 4) is 28.1 Å². The molecule has 11 heteroatoms. The van der Waals surface area contributed by atoms with Gasteiger partial charge < -0.3 is 15.4 Å². The zero-order chi connectivity index (χ0) is 28.4. The van der Waals surface area contributed by atoms with Crippen LogP contribution in [-0.4, -0.2) is 50.6 Å². The number of primary amides is 1. The molecule has 3 heterocycles. The van der Waals surface area contributed by atoms with Crippen LogP contribution in [0.5, 0.6) is 5.75 Å². The van der Waals surface area contributed by atoms with Crippen LogP contribution in [-0.2, 0) is 19.3 Å². The molecule has 5 rings (SSSR count). The number of rotatable bonds is 9. The molecule has 0 radical (unpaired) electrons. The van der Waals surface area contributed by atoms with Gasteiger partial charge in [0.25, 0.3) is 5.91 Å². The first-order valence-corrected chi connectivity index (χ1v) is 12.5. The molecule has 0 atom stereocenters. The molecule has 0 aliphatic carbocycles. The van der Waals surface area contributed by atoms with Crippen molar-refractivity contribution in [3.63, 3.8) is 0 Å². The fraction of sp³-hybridized carbons (Fsp3) is 0.207. The number of fused-ring (bicyclic) bond motifs is 1. The summed E-state index contributed by atoms with van der Waals surface area (Å²) >= 11 is 0. The minimum atomic E-state index is -4.53. The summed E-state index contributed by atoms with van der Waals surface area (Å²) in [5.74, 6) is -0.668. The van der Waals surface area contributed by atoms with Gasteiger partial charge in [0.15, 0.2) is 0 Å². The van der Waals surface area contributed by atoms with E-state index in [-0.39, 0.29) is 16.9 Å². The SMILES string of the molecule is CN(C)CCn1cc(-c2ccn3c(-c4ccc(C(N)=O)c(OCc5ccccc5C(F)(F)F)c4)cnc3c2)cn1. The van der Waals surface area contributed by atoms with Gasteiger partial charge in [0.2, 0.25) is 0 Å². The molecule has 0 saturated carbocycles. The van der Waals surface area contributed by atoms with Gasteiger partial charge in [0, 0.05) is 35.6 Å². The summed E-state index contributed by atoms with van der Waals surface area (Å²) in [5, 5.41) is 4.44. The summed E-state index contributed by atoms with van der Waals surface area (Å²) in [6, 6.07) is 13.8. The monoisotopic (exact) mass is 548 g/mol. The summed E-state index contributed by atoms with van der Waals surface area (Å²) in [4.78, 5) is 18.7. The number of hydrogen-bond acceptors (Lipinski definition) is 5. The van der Waals surface area contributed by atoms with Crippen molar-refractivity contribution in [1.29, 1.82) is 0 Å². The summed E-state index contributed by atoms with van der Waals surface area (Å²) in [7, 11) is 4.02. The van der Waals surface area contributed by atoms with Gasteiger partial charge in [-0.3, -0.25) is 13.9 Å². The largest absolute Gasteiger partial charge is 0.488 e. The van der Waals surface area contributed by atoms with E-state index in [0.717, 1.165) is 30.3 Å². The number of aromatic nitrogens is 4. The predicted octanol–water partition coefficient (Wildman–Crippen LogP) is 5.12. The smallest absolute Gasteiger partial charge is 0.416 e. The number of ether oxygens (including phenoxy) is 1. The third-order valence-electron chi connectivity index (χ3n) is 6.50. The van der Waals surface area contributed by atoms with Crippen LogP contribution in [0.15, 0.2) is 79.4 Å². The second kappa shape index (κ2) is 10.9. The van der Waals surface area contributed by atoms with Crippen molar-refractivity contribution < 1.29 is 22.7 Å². The molecule has 0 unspecified atom stereocenters. The van der Waals surface area contributed by atoms with E-state index in [9.17, 15) is 18.0 Å². The fourth-order valence-corrected chi connectivity index (χ4v) is 4.39. The van der Waals surface area contributed by atoms with Crippen LogP contribution in [0.3, 0.4) is 0 Å². The molecule has 206 valence electrons. The number of imidazole rings is 1. The third-order valence-corrected chi connectivity index (χ3v) is 6.50. The Morgan fingerprint density at radius 3 is 2.58 bits per heavy atom. The maximum Gasteiger partial charge on any atom is 0.416 e. The lowest BCUT2D eigenvalue weighted by atomic mass is 10.1. The standard InChI is InChI=1S/C29H27F3N6O2/c1-36(2)11-12-37-17-22(15-35-37)19-9-10-38-25(16-34-27(38)14-19)20-7-8-23(28(33)39)26(13-20)40-18-21-5-3-4-6-24(21)29(30,31)32/h3-10,13-17H,11-12,18H2,1-2H3,(H2,33,39). The topological polar surface area (TPSA) is 90.7 Å². The quantitative estimate of drug-likeness (QED) is 0.276. The average Bonchev–Trinajstić information content (AvgIpc) is 3.57. The lowest BCUT2D eigenvalue weighted by Gasteiger charge is -2.15. The molecule has 8 nitrogen and oxygen atoms in total. The molecule has 3 aromatic heterocycles. The number of hydrogen-bond donors (Lipinski definition) is 1. The van der Waals surface area contributed by atoms with Gasteiger partial charge in [-0.1, -0.05) is 24.3 Å². The zero-order valence-corrected chi connectivity index (χ0v) is 21.9. The van der Waals surface area contributed by atoms with E-state index < -0.39 is 24.3 Å². The molecule has 2 aromatic carbocycles. The molecule has 40 heavy (non-hydrogen) atoms. The van der Waals surface area contributed by atoms with Crippen molar-refractivity contribution in [2.24, 2.45) is 5.73 Å². The minimum absolute atomic E-state index is 0.0526. The van der Waals surface area contributed by atoms with Crippen LogP contribution < -0.4 is 10.5 Å². The number of nitrogens with zero attached hydrogens (tertiary/aromatic N) is 5. The zero-order valence-electron chi connectivity index (χ0n) is 21.9. The first-order chi connectivity index (χ1) is 19.1. The minimum Gasteiger partial charge on any atom is -0.488 e. The van der Waals surface area contributed by atoms with E-state index in [1.54, 1.807) is 18.3 Å². The molecule has 2 N–H and O–H groups in total. The van der Waals surface area contributed by atoms with Crippen molar-refractivity contribution in [3.05, 3.63) is 96.1 Å². The normalized spacial score (nSPS) is 11.8. The van der Waals surface area contributed by atoms with E-state index in [1.165, 1.54) is 24.3 Å². The van der Waals surface area contributed by atoms with Gasteiger partial charge in [-0.05, 0) is 50.0 Å². The Hall–Kier alpha value is -4.64. The first kappa shape index (κ1) is 26.9. The van der Waals surface area contributed by atoms with Crippen molar-refractivity contribution in [2.45, 2.75) is 19.3 Å². The van der Waals surface area contributed by atoms with E-state index >= 15 is 0 Å². The molecule has 0 bridgehead atoms. The summed E-state index contributed by atoms with van der Waals surface area (Å²) in [6.07, 6.45) is 2.83. The van der Waals surface area contributed by atoms with Gasteiger partial charge in [-0.15, -0.1) is 0 Å². The number of benzene rings is 2. The Bertz CT molecular complexity index is 1670. The second-order valence-corrected chi connectivity index (χ2v) is 9.60. The Balaban J connectivity index is 1.43. The number of carbonyl (C=O) groups excluding carboxylic acids is 1. The Morgan fingerprint density at radius 1 is 1.02 bits per heavy atom. The van der Waals surface area contributed by atoms with Crippen LogP contribution in [0, 0.1) is 0 Å². The number of carbonyl (C=O) groups is 1. The number of nitrogens with two attached hydrogens (primary N) is 1. The van der Waals surface area contributed by atoms with Gasteiger partial charge in [0.05, 0.1) is 35.8 Å². The lowest BCUT2D eigenvalue weighted by molar-refractivity contribution is -0.138. The highest BCUT2D eigenvalue weighted by atomic mass is 19.4. The summed E-state index contributed by atoms with van der Waals surface area (Å²) in [6.45, 7) is 1.26. The van der Waals surface area contributed by atoms with Crippen LogP contribution in [0.1, 0.15) is 21.5 Å². The molecule has 0 aliphatic rings. The number of alkyl halides is 3. The third kappa shape index (κ3) is 5.69. The molecule has 1 amide bonds. The number of halogens is 3. The van der Waals surface area contributed by atoms with Crippen LogP contribution in [0.4, 0.5) is 13.2 Å². The van der Waals surface area contributed by atoms with E-state index in [1.807, 2.05) is 53.9 Å². The molecule has 0 spiro atoms. The molecular formula is C29H27F3N6O2.